The van der Waals surface area contributed by atoms with E-state index in [4.69, 9.17) is 4.74 Å². The Morgan fingerprint density at radius 3 is 2.84 bits per heavy atom. The lowest BCUT2D eigenvalue weighted by molar-refractivity contribution is 0.150. The topological polar surface area (TPSA) is 67.4 Å². The van der Waals surface area contributed by atoms with E-state index in [0.717, 1.165) is 31.6 Å². The number of carbonyl (C=O) groups is 1. The molecular weight excluding hydrogens is 244 g/mol. The Balaban J connectivity index is 1.81. The number of hydrogen-bond donors (Lipinski definition) is 1. The Bertz CT molecular complexity index is 473. The van der Waals surface area contributed by atoms with Crippen molar-refractivity contribution in [3.05, 3.63) is 18.1 Å². The monoisotopic (exact) mass is 262 g/mol. The quantitative estimate of drug-likeness (QED) is 0.870. The molecule has 1 N–H and O–H groups in total. The Kier molecular flexibility index (Phi) is 3.33. The van der Waals surface area contributed by atoms with Crippen LogP contribution >= 0.6 is 0 Å². The van der Waals surface area contributed by atoms with E-state index in [9.17, 15) is 4.79 Å². The van der Waals surface area contributed by atoms with Crippen LogP contribution in [0.2, 0.25) is 0 Å². The molecule has 2 aliphatic heterocycles. The minimum atomic E-state index is -0.329. The lowest BCUT2D eigenvalue weighted by atomic mass is 9.95. The highest BCUT2D eigenvalue weighted by atomic mass is 16.6. The van der Waals surface area contributed by atoms with Crippen LogP contribution in [-0.2, 0) is 4.74 Å². The number of anilines is 1. The largest absolute Gasteiger partial charge is 0.444 e. The van der Waals surface area contributed by atoms with Gasteiger partial charge in [-0.05, 0) is 32.9 Å². The van der Waals surface area contributed by atoms with Crippen LogP contribution in [0.3, 0.4) is 0 Å². The third kappa shape index (κ3) is 2.53. The molecular formula is C13H18N4O2. The molecule has 19 heavy (non-hydrogen) atoms. The number of cyclic esters (lactones) is 1. The maximum absolute atomic E-state index is 11.7. The number of hydrogen-bond acceptors (Lipinski definition) is 5. The second-order valence-electron chi connectivity index (χ2n) is 5.13. The molecule has 1 aromatic heterocycles. The van der Waals surface area contributed by atoms with Gasteiger partial charge in [-0.3, -0.25) is 9.88 Å². The number of carbonyl (C=O) groups excluding carboxylic acids is 1. The van der Waals surface area contributed by atoms with E-state index in [1.54, 1.807) is 11.1 Å². The zero-order valence-corrected chi connectivity index (χ0v) is 11.0. The van der Waals surface area contributed by atoms with Gasteiger partial charge in [-0.15, -0.1) is 0 Å². The van der Waals surface area contributed by atoms with Gasteiger partial charge in [-0.1, -0.05) is 0 Å². The first-order valence-corrected chi connectivity index (χ1v) is 6.75. The molecule has 0 bridgehead atoms. The average molecular weight is 262 g/mol. The molecule has 6 heteroatoms. The highest BCUT2D eigenvalue weighted by Gasteiger charge is 2.31. The summed E-state index contributed by atoms with van der Waals surface area (Å²) in [5, 5.41) is 3.33. The summed E-state index contributed by atoms with van der Waals surface area (Å²) in [5.41, 5.74) is 0.978. The van der Waals surface area contributed by atoms with E-state index in [1.165, 1.54) is 0 Å². The SMILES string of the molecule is CC1CN(c2cncc(C3CCNCC3)n2)C(=O)O1. The van der Waals surface area contributed by atoms with Gasteiger partial charge < -0.3 is 10.1 Å². The van der Waals surface area contributed by atoms with Crippen LogP contribution in [0.25, 0.3) is 0 Å². The summed E-state index contributed by atoms with van der Waals surface area (Å²) in [6.45, 7) is 4.45. The van der Waals surface area contributed by atoms with Crippen LogP contribution in [0.4, 0.5) is 10.6 Å². The smallest absolute Gasteiger partial charge is 0.415 e. The second-order valence-corrected chi connectivity index (χ2v) is 5.13. The minimum Gasteiger partial charge on any atom is -0.444 e. The molecule has 3 heterocycles. The molecule has 2 fully saturated rings. The highest BCUT2D eigenvalue weighted by molar-refractivity contribution is 5.88. The van der Waals surface area contributed by atoms with Gasteiger partial charge >= 0.3 is 6.09 Å². The predicted octanol–water partition coefficient (Wildman–Crippen LogP) is 1.29. The van der Waals surface area contributed by atoms with Gasteiger partial charge in [0.05, 0.1) is 18.4 Å². The first kappa shape index (κ1) is 12.3. The van der Waals surface area contributed by atoms with Gasteiger partial charge in [-0.25, -0.2) is 9.78 Å². The van der Waals surface area contributed by atoms with Crippen LogP contribution < -0.4 is 10.2 Å². The fourth-order valence-corrected chi connectivity index (χ4v) is 2.61. The fraction of sp³-hybridized carbons (Fsp3) is 0.615. The van der Waals surface area contributed by atoms with Crippen molar-refractivity contribution in [1.82, 2.24) is 15.3 Å². The van der Waals surface area contributed by atoms with Gasteiger partial charge in [-0.2, -0.15) is 0 Å². The Morgan fingerprint density at radius 2 is 2.16 bits per heavy atom. The van der Waals surface area contributed by atoms with Crippen molar-refractivity contribution < 1.29 is 9.53 Å². The summed E-state index contributed by atoms with van der Waals surface area (Å²) in [4.78, 5) is 22.1. The third-order valence-corrected chi connectivity index (χ3v) is 3.64. The van der Waals surface area contributed by atoms with Crippen LogP contribution in [-0.4, -0.2) is 41.8 Å². The van der Waals surface area contributed by atoms with Gasteiger partial charge in [0.25, 0.3) is 0 Å². The number of amides is 1. The zero-order valence-electron chi connectivity index (χ0n) is 11.0. The highest BCUT2D eigenvalue weighted by Crippen LogP contribution is 2.25. The summed E-state index contributed by atoms with van der Waals surface area (Å²) in [6, 6.07) is 0. The fourth-order valence-electron chi connectivity index (χ4n) is 2.61. The molecule has 6 nitrogen and oxygen atoms in total. The molecule has 0 saturated carbocycles. The summed E-state index contributed by atoms with van der Waals surface area (Å²) in [6.07, 6.45) is 5.16. The number of rotatable bonds is 2. The van der Waals surface area contributed by atoms with Crippen molar-refractivity contribution in [2.75, 3.05) is 24.5 Å². The van der Waals surface area contributed by atoms with Gasteiger partial charge in [0.1, 0.15) is 6.10 Å². The summed E-state index contributed by atoms with van der Waals surface area (Å²) < 4.78 is 5.12. The van der Waals surface area contributed by atoms with Crippen LogP contribution in [0, 0.1) is 0 Å². The zero-order chi connectivity index (χ0) is 13.2. The van der Waals surface area contributed by atoms with Crippen LogP contribution in [0.1, 0.15) is 31.4 Å². The maximum Gasteiger partial charge on any atom is 0.415 e. The lowest BCUT2D eigenvalue weighted by Gasteiger charge is -2.22. The molecule has 0 aliphatic carbocycles. The van der Waals surface area contributed by atoms with Gasteiger partial charge in [0.15, 0.2) is 5.82 Å². The Hall–Kier alpha value is -1.69. The molecule has 1 amide bonds. The first-order valence-electron chi connectivity index (χ1n) is 6.75. The van der Waals surface area contributed by atoms with Crippen molar-refractivity contribution in [3.8, 4) is 0 Å². The summed E-state index contributed by atoms with van der Waals surface area (Å²) in [5.74, 6) is 1.04. The Morgan fingerprint density at radius 1 is 1.37 bits per heavy atom. The van der Waals surface area contributed by atoms with Crippen molar-refractivity contribution >= 4 is 11.9 Å². The minimum absolute atomic E-state index is 0.0863. The van der Waals surface area contributed by atoms with E-state index in [0.29, 0.717) is 18.3 Å². The van der Waals surface area contributed by atoms with E-state index < -0.39 is 0 Å². The molecule has 3 rings (SSSR count). The van der Waals surface area contributed by atoms with Crippen molar-refractivity contribution in [2.24, 2.45) is 0 Å². The molecule has 1 atom stereocenters. The summed E-state index contributed by atoms with van der Waals surface area (Å²) in [7, 11) is 0. The molecule has 0 aromatic carbocycles. The molecule has 2 saturated heterocycles. The van der Waals surface area contributed by atoms with Crippen LogP contribution in [0.15, 0.2) is 12.4 Å². The van der Waals surface area contributed by atoms with E-state index in [1.807, 2.05) is 13.1 Å². The van der Waals surface area contributed by atoms with Crippen molar-refractivity contribution in [3.63, 3.8) is 0 Å². The molecule has 0 spiro atoms. The first-order chi connectivity index (χ1) is 9.24. The van der Waals surface area contributed by atoms with Crippen molar-refractivity contribution in [2.45, 2.75) is 31.8 Å². The number of nitrogens with one attached hydrogen (secondary N) is 1. The normalized spacial score (nSPS) is 24.6. The number of ether oxygens (including phenoxy) is 1. The van der Waals surface area contributed by atoms with E-state index >= 15 is 0 Å². The molecule has 0 radical (unpaired) electrons. The molecule has 102 valence electrons. The van der Waals surface area contributed by atoms with E-state index in [-0.39, 0.29) is 12.2 Å². The number of nitrogens with zero attached hydrogens (tertiary/aromatic N) is 3. The molecule has 2 aliphatic rings. The number of aromatic nitrogens is 2. The van der Waals surface area contributed by atoms with Crippen molar-refractivity contribution in [1.29, 1.82) is 0 Å². The van der Waals surface area contributed by atoms with Gasteiger partial charge in [0.2, 0.25) is 0 Å². The van der Waals surface area contributed by atoms with Gasteiger partial charge in [0, 0.05) is 12.1 Å². The van der Waals surface area contributed by atoms with Crippen LogP contribution in [0.5, 0.6) is 0 Å². The average Bonchev–Trinajstić information content (AvgIpc) is 2.79. The number of piperidine rings is 1. The summed E-state index contributed by atoms with van der Waals surface area (Å²) >= 11 is 0. The standard InChI is InChI=1S/C13H18N4O2/c1-9-8-17(13(18)19-9)12-7-15-6-11(16-12)10-2-4-14-5-3-10/h6-7,9-10,14H,2-5,8H2,1H3. The maximum atomic E-state index is 11.7. The lowest BCUT2D eigenvalue weighted by Crippen LogP contribution is -2.28. The van der Waals surface area contributed by atoms with E-state index in [2.05, 4.69) is 15.3 Å². The Labute approximate surface area is 112 Å². The predicted molar refractivity (Wildman–Crippen MR) is 70.2 cm³/mol. The third-order valence-electron chi connectivity index (χ3n) is 3.64. The second kappa shape index (κ2) is 5.13. The molecule has 1 unspecified atom stereocenters. The molecule has 1 aromatic rings.